The molecule has 0 aromatic heterocycles. The van der Waals surface area contributed by atoms with Gasteiger partial charge in [-0.25, -0.2) is 4.79 Å². The van der Waals surface area contributed by atoms with Crippen LogP contribution in [0.3, 0.4) is 0 Å². The minimum absolute atomic E-state index is 0.133. The Morgan fingerprint density at radius 2 is 1.82 bits per heavy atom. The molecular formula is C22H19BrN2O3. The molecule has 1 N–H and O–H groups in total. The van der Waals surface area contributed by atoms with Crippen LogP contribution in [0.5, 0.6) is 5.75 Å². The maximum atomic E-state index is 13.4. The standard InChI is InChI=1S/C22H19BrN2O3/c1-22(18-9-5-7-14-6-3-4-8-17(14)18)20(26)25(21(27)24-22)13-15-12-16(23)10-11-19(15)28-2/h3-12H,13H2,1-2H3,(H,24,27)/t22-/m0/s1. The number of hydrogen-bond acceptors (Lipinski definition) is 3. The largest absolute Gasteiger partial charge is 0.496 e. The van der Waals surface area contributed by atoms with Gasteiger partial charge >= 0.3 is 6.03 Å². The molecule has 4 rings (SSSR count). The molecule has 142 valence electrons. The van der Waals surface area contributed by atoms with Crippen molar-refractivity contribution >= 4 is 38.6 Å². The molecule has 3 aromatic rings. The summed E-state index contributed by atoms with van der Waals surface area (Å²) in [6.07, 6.45) is 0. The van der Waals surface area contributed by atoms with Crippen molar-refractivity contribution in [1.82, 2.24) is 10.2 Å². The third-order valence-corrected chi connectivity index (χ3v) is 5.67. The molecule has 3 amide bonds. The Labute approximate surface area is 171 Å². The van der Waals surface area contributed by atoms with E-state index in [1.54, 1.807) is 14.0 Å². The van der Waals surface area contributed by atoms with Crippen LogP contribution in [0.15, 0.2) is 65.1 Å². The zero-order valence-corrected chi connectivity index (χ0v) is 17.1. The monoisotopic (exact) mass is 438 g/mol. The number of halogens is 1. The lowest BCUT2D eigenvalue weighted by Crippen LogP contribution is -2.41. The minimum atomic E-state index is -1.13. The molecule has 1 heterocycles. The maximum Gasteiger partial charge on any atom is 0.325 e. The van der Waals surface area contributed by atoms with Gasteiger partial charge in [0.05, 0.1) is 13.7 Å². The molecule has 0 unspecified atom stereocenters. The van der Waals surface area contributed by atoms with Gasteiger partial charge in [-0.1, -0.05) is 58.4 Å². The van der Waals surface area contributed by atoms with Crippen LogP contribution in [0.2, 0.25) is 0 Å². The highest BCUT2D eigenvalue weighted by Crippen LogP contribution is 2.35. The molecule has 0 bridgehead atoms. The average molecular weight is 439 g/mol. The van der Waals surface area contributed by atoms with Crippen molar-refractivity contribution in [2.24, 2.45) is 0 Å². The number of fused-ring (bicyclic) bond motifs is 1. The first-order chi connectivity index (χ1) is 13.4. The van der Waals surface area contributed by atoms with Crippen LogP contribution in [0.1, 0.15) is 18.1 Å². The first kappa shape index (κ1) is 18.5. The lowest BCUT2D eigenvalue weighted by atomic mass is 9.88. The summed E-state index contributed by atoms with van der Waals surface area (Å²) in [5, 5.41) is 4.87. The smallest absolute Gasteiger partial charge is 0.325 e. The molecule has 1 atom stereocenters. The van der Waals surface area contributed by atoms with E-state index in [-0.39, 0.29) is 12.5 Å². The molecule has 0 saturated carbocycles. The predicted molar refractivity (Wildman–Crippen MR) is 111 cm³/mol. The number of nitrogens with one attached hydrogen (secondary N) is 1. The predicted octanol–water partition coefficient (Wildman–Crippen LogP) is 4.58. The molecule has 6 heteroatoms. The van der Waals surface area contributed by atoms with Crippen LogP contribution in [0.4, 0.5) is 4.79 Å². The van der Waals surface area contributed by atoms with E-state index in [1.165, 1.54) is 4.90 Å². The number of imide groups is 1. The average Bonchev–Trinajstić information content (AvgIpc) is 2.91. The molecule has 1 aliphatic rings. The summed E-state index contributed by atoms with van der Waals surface area (Å²) in [5.41, 5.74) is 0.409. The van der Waals surface area contributed by atoms with E-state index >= 15 is 0 Å². The third kappa shape index (κ3) is 2.94. The van der Waals surface area contributed by atoms with E-state index in [2.05, 4.69) is 21.2 Å². The number of hydrogen-bond donors (Lipinski definition) is 1. The molecule has 3 aromatic carbocycles. The Kier molecular flexibility index (Phi) is 4.59. The van der Waals surface area contributed by atoms with E-state index in [0.29, 0.717) is 5.75 Å². The Morgan fingerprint density at radius 3 is 2.61 bits per heavy atom. The number of carbonyl (C=O) groups excluding carboxylic acids is 2. The summed E-state index contributed by atoms with van der Waals surface area (Å²) in [6, 6.07) is 18.7. The summed E-state index contributed by atoms with van der Waals surface area (Å²) in [6.45, 7) is 1.89. The van der Waals surface area contributed by atoms with Gasteiger partial charge in [0.1, 0.15) is 11.3 Å². The van der Waals surface area contributed by atoms with Crippen molar-refractivity contribution in [3.8, 4) is 5.75 Å². The highest BCUT2D eigenvalue weighted by atomic mass is 79.9. The van der Waals surface area contributed by atoms with Gasteiger partial charge in [-0.05, 0) is 41.5 Å². The second kappa shape index (κ2) is 6.95. The van der Waals surface area contributed by atoms with Crippen molar-refractivity contribution in [2.75, 3.05) is 7.11 Å². The van der Waals surface area contributed by atoms with Gasteiger partial charge in [-0.15, -0.1) is 0 Å². The lowest BCUT2D eigenvalue weighted by Gasteiger charge is -2.24. The maximum absolute atomic E-state index is 13.4. The second-order valence-corrected chi connectivity index (χ2v) is 7.85. The first-order valence-corrected chi connectivity index (χ1v) is 9.68. The Morgan fingerprint density at radius 1 is 1.07 bits per heavy atom. The van der Waals surface area contributed by atoms with Crippen molar-refractivity contribution in [1.29, 1.82) is 0 Å². The molecule has 1 fully saturated rings. The summed E-state index contributed by atoms with van der Waals surface area (Å²) < 4.78 is 6.24. The number of carbonyl (C=O) groups is 2. The zero-order valence-electron chi connectivity index (χ0n) is 15.5. The quantitative estimate of drug-likeness (QED) is 0.606. The number of benzene rings is 3. The van der Waals surface area contributed by atoms with Crippen LogP contribution >= 0.6 is 15.9 Å². The Hall–Kier alpha value is -2.86. The van der Waals surface area contributed by atoms with Crippen LogP contribution in [-0.2, 0) is 16.9 Å². The number of methoxy groups -OCH3 is 1. The van der Waals surface area contributed by atoms with Crippen molar-refractivity contribution < 1.29 is 14.3 Å². The Bertz CT molecular complexity index is 1090. The summed E-state index contributed by atoms with van der Waals surface area (Å²) in [4.78, 5) is 27.3. The molecule has 1 aliphatic heterocycles. The van der Waals surface area contributed by atoms with Crippen LogP contribution in [-0.4, -0.2) is 23.9 Å². The fourth-order valence-corrected chi connectivity index (χ4v) is 4.13. The van der Waals surface area contributed by atoms with Gasteiger partial charge in [0, 0.05) is 10.0 Å². The fourth-order valence-electron chi connectivity index (χ4n) is 3.73. The summed E-state index contributed by atoms with van der Waals surface area (Å²) in [7, 11) is 1.57. The van der Waals surface area contributed by atoms with E-state index in [4.69, 9.17) is 4.74 Å². The van der Waals surface area contributed by atoms with Gasteiger partial charge in [-0.3, -0.25) is 9.69 Å². The van der Waals surface area contributed by atoms with Gasteiger partial charge < -0.3 is 10.1 Å². The van der Waals surface area contributed by atoms with Gasteiger partial charge in [0.2, 0.25) is 0 Å². The minimum Gasteiger partial charge on any atom is -0.496 e. The molecule has 0 radical (unpaired) electrons. The molecule has 0 aliphatic carbocycles. The molecular weight excluding hydrogens is 420 g/mol. The zero-order chi connectivity index (χ0) is 19.9. The van der Waals surface area contributed by atoms with Crippen molar-refractivity contribution in [3.05, 3.63) is 76.3 Å². The van der Waals surface area contributed by atoms with E-state index in [0.717, 1.165) is 26.4 Å². The summed E-state index contributed by atoms with van der Waals surface area (Å²) in [5.74, 6) is 0.346. The van der Waals surface area contributed by atoms with Crippen LogP contribution < -0.4 is 10.1 Å². The SMILES string of the molecule is COc1ccc(Br)cc1CN1C(=O)N[C@@](C)(c2cccc3ccccc23)C1=O. The molecule has 1 saturated heterocycles. The van der Waals surface area contributed by atoms with E-state index < -0.39 is 11.6 Å². The molecule has 0 spiro atoms. The Balaban J connectivity index is 1.74. The van der Waals surface area contributed by atoms with Crippen molar-refractivity contribution in [2.45, 2.75) is 19.0 Å². The molecule has 5 nitrogen and oxygen atoms in total. The van der Waals surface area contributed by atoms with Crippen LogP contribution in [0, 0.1) is 0 Å². The summed E-state index contributed by atoms with van der Waals surface area (Å²) >= 11 is 3.43. The van der Waals surface area contributed by atoms with Gasteiger partial charge in [0.15, 0.2) is 0 Å². The lowest BCUT2D eigenvalue weighted by molar-refractivity contribution is -0.131. The first-order valence-electron chi connectivity index (χ1n) is 8.89. The topological polar surface area (TPSA) is 58.6 Å². The number of nitrogens with zero attached hydrogens (tertiary/aromatic N) is 1. The third-order valence-electron chi connectivity index (χ3n) is 5.17. The highest BCUT2D eigenvalue weighted by molar-refractivity contribution is 9.10. The van der Waals surface area contributed by atoms with E-state index in [9.17, 15) is 9.59 Å². The second-order valence-electron chi connectivity index (χ2n) is 6.93. The van der Waals surface area contributed by atoms with Gasteiger partial charge in [-0.2, -0.15) is 0 Å². The van der Waals surface area contributed by atoms with E-state index in [1.807, 2.05) is 60.7 Å². The number of rotatable bonds is 4. The molecule has 28 heavy (non-hydrogen) atoms. The van der Waals surface area contributed by atoms with Crippen LogP contribution in [0.25, 0.3) is 10.8 Å². The number of ether oxygens (including phenoxy) is 1. The highest BCUT2D eigenvalue weighted by Gasteiger charge is 2.49. The number of amides is 3. The normalized spacial score (nSPS) is 19.2. The van der Waals surface area contributed by atoms with Gasteiger partial charge in [0.25, 0.3) is 5.91 Å². The van der Waals surface area contributed by atoms with Crippen molar-refractivity contribution in [3.63, 3.8) is 0 Å². The number of urea groups is 1. The fraction of sp³-hybridized carbons (Fsp3) is 0.182.